The predicted molar refractivity (Wildman–Crippen MR) is 141 cm³/mol. The summed E-state index contributed by atoms with van der Waals surface area (Å²) >= 11 is 1.01. The van der Waals surface area contributed by atoms with E-state index < -0.39 is 0 Å². The van der Waals surface area contributed by atoms with Gasteiger partial charge >= 0.3 is 0 Å². The van der Waals surface area contributed by atoms with Crippen LogP contribution in [0.4, 0.5) is 10.5 Å². The molecule has 1 atom stereocenters. The lowest BCUT2D eigenvalue weighted by atomic mass is 9.79. The largest absolute Gasteiger partial charge is 0.492 e. The number of carbonyl (C=O) groups is 2. The van der Waals surface area contributed by atoms with Gasteiger partial charge in [0.05, 0.1) is 11.4 Å². The molecule has 2 aliphatic rings. The van der Waals surface area contributed by atoms with Crippen LogP contribution in [0.5, 0.6) is 5.75 Å². The summed E-state index contributed by atoms with van der Waals surface area (Å²) in [6, 6.07) is 12.2. The topological polar surface area (TPSA) is 49.9 Å². The van der Waals surface area contributed by atoms with E-state index in [2.05, 4.69) is 51.7 Å². The van der Waals surface area contributed by atoms with E-state index in [0.29, 0.717) is 10.8 Å². The molecule has 2 amide bonds. The van der Waals surface area contributed by atoms with Gasteiger partial charge in [-0.1, -0.05) is 24.6 Å². The highest BCUT2D eigenvalue weighted by Gasteiger charge is 2.37. The first-order valence-corrected chi connectivity index (χ1v) is 12.8. The number of hydrogen-bond acceptors (Lipinski definition) is 5. The van der Waals surface area contributed by atoms with Crippen molar-refractivity contribution in [1.82, 2.24) is 4.90 Å². The molecule has 0 N–H and O–H groups in total. The van der Waals surface area contributed by atoms with E-state index in [0.717, 1.165) is 47.2 Å². The maximum absolute atomic E-state index is 13.0. The lowest BCUT2D eigenvalue weighted by Crippen LogP contribution is -2.48. The Bertz CT molecular complexity index is 1140. The highest BCUT2D eigenvalue weighted by molar-refractivity contribution is 8.18. The van der Waals surface area contributed by atoms with Gasteiger partial charge in [-0.05, 0) is 106 Å². The molecule has 2 aromatic carbocycles. The van der Waals surface area contributed by atoms with E-state index in [1.165, 1.54) is 16.2 Å². The average molecular weight is 479 g/mol. The van der Waals surface area contributed by atoms with E-state index in [9.17, 15) is 9.59 Å². The lowest BCUT2D eigenvalue weighted by Gasteiger charge is -2.47. The third kappa shape index (κ3) is 4.74. The van der Waals surface area contributed by atoms with Gasteiger partial charge in [0.1, 0.15) is 12.4 Å². The number of ether oxygens (including phenoxy) is 1. The maximum Gasteiger partial charge on any atom is 0.293 e. The second kappa shape index (κ2) is 9.49. The van der Waals surface area contributed by atoms with Gasteiger partial charge in [-0.2, -0.15) is 0 Å². The molecule has 2 heterocycles. The van der Waals surface area contributed by atoms with Crippen LogP contribution in [-0.4, -0.2) is 41.3 Å². The number of aryl methyl sites for hydroxylation is 2. The molecule has 1 unspecified atom stereocenters. The number of thioether (sulfide) groups is 1. The quantitative estimate of drug-likeness (QED) is 0.442. The molecule has 0 spiro atoms. The van der Waals surface area contributed by atoms with Crippen molar-refractivity contribution in [2.45, 2.75) is 59.4 Å². The summed E-state index contributed by atoms with van der Waals surface area (Å²) in [4.78, 5) is 29.8. The molecule has 5 nitrogen and oxygen atoms in total. The predicted octanol–water partition coefficient (Wildman–Crippen LogP) is 6.53. The van der Waals surface area contributed by atoms with Crippen molar-refractivity contribution in [3.05, 3.63) is 63.6 Å². The van der Waals surface area contributed by atoms with Crippen LogP contribution in [-0.2, 0) is 4.79 Å². The zero-order valence-electron chi connectivity index (χ0n) is 21.0. The molecule has 34 heavy (non-hydrogen) atoms. The molecular formula is C28H34N2O3S. The molecule has 4 rings (SSSR count). The first-order chi connectivity index (χ1) is 16.1. The Kier molecular flexibility index (Phi) is 6.81. The monoisotopic (exact) mass is 478 g/mol. The molecule has 0 radical (unpaired) electrons. The van der Waals surface area contributed by atoms with Gasteiger partial charge in [-0.25, -0.2) is 0 Å². The van der Waals surface area contributed by atoms with E-state index in [1.807, 2.05) is 37.3 Å². The molecule has 6 heteroatoms. The van der Waals surface area contributed by atoms with E-state index in [4.69, 9.17) is 4.74 Å². The molecule has 0 bridgehead atoms. The van der Waals surface area contributed by atoms with Crippen LogP contribution in [0.25, 0.3) is 6.08 Å². The molecule has 2 aromatic rings. The number of hydrogen-bond donors (Lipinski definition) is 0. The molecular weight excluding hydrogens is 444 g/mol. The number of nitrogens with zero attached hydrogens (tertiary/aromatic N) is 2. The zero-order chi connectivity index (χ0) is 24.6. The van der Waals surface area contributed by atoms with Crippen molar-refractivity contribution in [3.8, 4) is 5.75 Å². The van der Waals surface area contributed by atoms with Crippen LogP contribution in [0.3, 0.4) is 0 Å². The van der Waals surface area contributed by atoms with Crippen molar-refractivity contribution < 1.29 is 14.3 Å². The SMILES string of the molecule is CCN1c2cc(C)c(/C=C3/SC(=O)N(CCOc4ccc(C)cc4)C3=O)cc2C(C)CC1(C)C. The normalized spacial score (nSPS) is 20.8. The Hall–Kier alpha value is -2.73. The lowest BCUT2D eigenvalue weighted by molar-refractivity contribution is -0.123. The van der Waals surface area contributed by atoms with Crippen LogP contribution in [0.1, 0.15) is 62.3 Å². The summed E-state index contributed by atoms with van der Waals surface area (Å²) in [6.07, 6.45) is 2.96. The Morgan fingerprint density at radius 1 is 1.15 bits per heavy atom. The molecule has 2 aliphatic heterocycles. The van der Waals surface area contributed by atoms with E-state index >= 15 is 0 Å². The molecule has 0 aliphatic carbocycles. The third-order valence-corrected chi connectivity index (χ3v) is 7.76. The van der Waals surface area contributed by atoms with Gasteiger partial charge in [0.25, 0.3) is 11.1 Å². The second-order valence-corrected chi connectivity index (χ2v) is 10.9. The number of anilines is 1. The standard InChI is InChI=1S/C28H34N2O3S/c1-7-30-24-14-19(3)21(15-23(24)20(4)17-28(30,5)6)16-25-26(31)29(27(32)34-25)12-13-33-22-10-8-18(2)9-11-22/h8-11,14-16,20H,7,12-13,17H2,1-6H3/b25-16+. The van der Waals surface area contributed by atoms with E-state index in [1.54, 1.807) is 0 Å². The van der Waals surface area contributed by atoms with Gasteiger partial charge in [-0.3, -0.25) is 14.5 Å². The number of amides is 2. The Labute approximate surface area is 207 Å². The average Bonchev–Trinajstić information content (AvgIpc) is 3.03. The summed E-state index contributed by atoms with van der Waals surface area (Å²) in [5, 5.41) is -0.244. The Morgan fingerprint density at radius 3 is 2.53 bits per heavy atom. The Balaban J connectivity index is 1.52. The van der Waals surface area contributed by atoms with Crippen LogP contribution >= 0.6 is 11.8 Å². The van der Waals surface area contributed by atoms with Gasteiger partial charge in [-0.15, -0.1) is 0 Å². The summed E-state index contributed by atoms with van der Waals surface area (Å²) in [7, 11) is 0. The summed E-state index contributed by atoms with van der Waals surface area (Å²) in [5.41, 5.74) is 5.96. The second-order valence-electron chi connectivity index (χ2n) is 9.92. The van der Waals surface area contributed by atoms with Gasteiger partial charge in [0.15, 0.2) is 0 Å². The van der Waals surface area contributed by atoms with Crippen molar-refractivity contribution in [1.29, 1.82) is 0 Å². The number of imide groups is 1. The molecule has 1 fully saturated rings. The Morgan fingerprint density at radius 2 is 1.85 bits per heavy atom. The number of rotatable bonds is 6. The zero-order valence-corrected chi connectivity index (χ0v) is 21.8. The number of fused-ring (bicyclic) bond motifs is 1. The molecule has 0 saturated carbocycles. The van der Waals surface area contributed by atoms with Crippen molar-refractivity contribution in [3.63, 3.8) is 0 Å². The van der Waals surface area contributed by atoms with Crippen molar-refractivity contribution in [2.75, 3.05) is 24.6 Å². The van der Waals surface area contributed by atoms with E-state index in [-0.39, 0.29) is 29.8 Å². The maximum atomic E-state index is 13.0. The number of benzene rings is 2. The smallest absolute Gasteiger partial charge is 0.293 e. The van der Waals surface area contributed by atoms with Crippen LogP contribution in [0.2, 0.25) is 0 Å². The fraction of sp³-hybridized carbons (Fsp3) is 0.429. The highest BCUT2D eigenvalue weighted by Crippen LogP contribution is 2.45. The van der Waals surface area contributed by atoms with Crippen LogP contribution in [0, 0.1) is 13.8 Å². The summed E-state index contributed by atoms with van der Waals surface area (Å²) in [6.45, 7) is 14.6. The third-order valence-electron chi connectivity index (χ3n) is 6.85. The first-order valence-electron chi connectivity index (χ1n) is 12.0. The van der Waals surface area contributed by atoms with Crippen LogP contribution in [0.15, 0.2) is 41.3 Å². The number of carbonyl (C=O) groups excluding carboxylic acids is 2. The van der Waals surface area contributed by atoms with Gasteiger partial charge in [0, 0.05) is 17.8 Å². The minimum Gasteiger partial charge on any atom is -0.492 e. The first kappa shape index (κ1) is 24.4. The van der Waals surface area contributed by atoms with Crippen molar-refractivity contribution >= 4 is 34.7 Å². The van der Waals surface area contributed by atoms with Gasteiger partial charge in [0.2, 0.25) is 0 Å². The van der Waals surface area contributed by atoms with Gasteiger partial charge < -0.3 is 9.64 Å². The molecule has 1 saturated heterocycles. The molecule has 0 aromatic heterocycles. The molecule has 180 valence electrons. The summed E-state index contributed by atoms with van der Waals surface area (Å²) in [5.74, 6) is 0.912. The minimum atomic E-state index is -0.246. The van der Waals surface area contributed by atoms with Crippen molar-refractivity contribution in [2.24, 2.45) is 0 Å². The fourth-order valence-corrected chi connectivity index (χ4v) is 5.98. The van der Waals surface area contributed by atoms with Crippen LogP contribution < -0.4 is 9.64 Å². The fourth-order valence-electron chi connectivity index (χ4n) is 5.13. The highest BCUT2D eigenvalue weighted by atomic mass is 32.2. The summed E-state index contributed by atoms with van der Waals surface area (Å²) < 4.78 is 5.72. The minimum absolute atomic E-state index is 0.110.